The molecule has 3 amide bonds. The van der Waals surface area contributed by atoms with Gasteiger partial charge in [-0.3, -0.25) is 14.4 Å². The Morgan fingerprint density at radius 1 is 1.24 bits per heavy atom. The molecule has 2 atom stereocenters. The van der Waals surface area contributed by atoms with Gasteiger partial charge in [0.1, 0.15) is 6.04 Å². The monoisotopic (exact) mass is 293 g/mol. The molecular formula is C15H23N3O3. The second-order valence-electron chi connectivity index (χ2n) is 6.72. The molecule has 3 fully saturated rings. The van der Waals surface area contributed by atoms with Crippen molar-refractivity contribution in [3.8, 4) is 0 Å². The van der Waals surface area contributed by atoms with Crippen LogP contribution in [-0.2, 0) is 14.4 Å². The zero-order valence-electron chi connectivity index (χ0n) is 12.7. The number of hydrogen-bond donors (Lipinski definition) is 0. The summed E-state index contributed by atoms with van der Waals surface area (Å²) in [5.74, 6) is 0.602. The molecule has 0 aromatic heterocycles. The highest BCUT2D eigenvalue weighted by atomic mass is 16.2. The quantitative estimate of drug-likeness (QED) is 0.732. The van der Waals surface area contributed by atoms with Crippen LogP contribution < -0.4 is 0 Å². The van der Waals surface area contributed by atoms with Gasteiger partial charge in [-0.25, -0.2) is 0 Å². The van der Waals surface area contributed by atoms with Crippen LogP contribution in [0.1, 0.15) is 25.7 Å². The molecular weight excluding hydrogens is 270 g/mol. The minimum atomic E-state index is -0.333. The van der Waals surface area contributed by atoms with Crippen molar-refractivity contribution in [2.45, 2.75) is 31.7 Å². The maximum absolute atomic E-state index is 12.6. The normalized spacial score (nSPS) is 28.6. The molecule has 0 N–H and O–H groups in total. The summed E-state index contributed by atoms with van der Waals surface area (Å²) in [6.07, 6.45) is 3.63. The average Bonchev–Trinajstić information content (AvgIpc) is 3.28. The van der Waals surface area contributed by atoms with Crippen LogP contribution in [0.3, 0.4) is 0 Å². The van der Waals surface area contributed by atoms with E-state index < -0.39 is 0 Å². The highest BCUT2D eigenvalue weighted by Crippen LogP contribution is 2.36. The van der Waals surface area contributed by atoms with Crippen LogP contribution in [0.25, 0.3) is 0 Å². The molecule has 21 heavy (non-hydrogen) atoms. The van der Waals surface area contributed by atoms with Crippen molar-refractivity contribution in [3.05, 3.63) is 0 Å². The van der Waals surface area contributed by atoms with Gasteiger partial charge in [-0.2, -0.15) is 0 Å². The third kappa shape index (κ3) is 2.76. The van der Waals surface area contributed by atoms with Gasteiger partial charge in [0.2, 0.25) is 17.7 Å². The van der Waals surface area contributed by atoms with E-state index in [1.54, 1.807) is 23.9 Å². The summed E-state index contributed by atoms with van der Waals surface area (Å²) in [5, 5.41) is 0. The zero-order valence-corrected chi connectivity index (χ0v) is 12.7. The van der Waals surface area contributed by atoms with Crippen molar-refractivity contribution in [1.29, 1.82) is 0 Å². The maximum atomic E-state index is 12.6. The van der Waals surface area contributed by atoms with Crippen LogP contribution >= 0.6 is 0 Å². The Bertz CT molecular complexity index is 471. The molecule has 0 spiro atoms. The first-order chi connectivity index (χ1) is 9.97. The van der Waals surface area contributed by atoms with Crippen molar-refractivity contribution in [2.75, 3.05) is 33.7 Å². The number of amides is 3. The fourth-order valence-corrected chi connectivity index (χ4v) is 3.33. The summed E-state index contributed by atoms with van der Waals surface area (Å²) in [7, 11) is 3.39. The number of likely N-dealkylation sites (N-methyl/N-ethyl adjacent to an activating group) is 1. The summed E-state index contributed by atoms with van der Waals surface area (Å²) in [5.41, 5.74) is 0. The Morgan fingerprint density at radius 2 is 1.95 bits per heavy atom. The Morgan fingerprint density at radius 3 is 2.57 bits per heavy atom. The number of nitrogens with zero attached hydrogens (tertiary/aromatic N) is 3. The van der Waals surface area contributed by atoms with Gasteiger partial charge in [0.25, 0.3) is 0 Å². The first-order valence-corrected chi connectivity index (χ1v) is 7.76. The van der Waals surface area contributed by atoms with Crippen LogP contribution in [0, 0.1) is 11.8 Å². The van der Waals surface area contributed by atoms with Gasteiger partial charge in [0, 0.05) is 33.1 Å². The van der Waals surface area contributed by atoms with Gasteiger partial charge in [0.15, 0.2) is 0 Å². The standard InChI is InChI=1S/C15H23N3O3/c1-16(2)13(19)9-17-8-10-5-6-18(12(7-10)15(17)21)14(20)11-3-4-11/h10-12H,3-9H2,1-2H3/t10-,12+/m0/s1. The van der Waals surface area contributed by atoms with Gasteiger partial charge >= 0.3 is 0 Å². The summed E-state index contributed by atoms with van der Waals surface area (Å²) < 4.78 is 0. The molecule has 3 rings (SSSR count). The topological polar surface area (TPSA) is 60.9 Å². The van der Waals surface area contributed by atoms with Crippen molar-refractivity contribution in [2.24, 2.45) is 11.8 Å². The van der Waals surface area contributed by atoms with Crippen molar-refractivity contribution < 1.29 is 14.4 Å². The largest absolute Gasteiger partial charge is 0.347 e. The fourth-order valence-electron chi connectivity index (χ4n) is 3.33. The lowest BCUT2D eigenvalue weighted by molar-refractivity contribution is -0.156. The highest BCUT2D eigenvalue weighted by Gasteiger charge is 2.46. The minimum Gasteiger partial charge on any atom is -0.347 e. The van der Waals surface area contributed by atoms with Crippen molar-refractivity contribution in [3.63, 3.8) is 0 Å². The third-order valence-corrected chi connectivity index (χ3v) is 4.82. The fraction of sp³-hybridized carbons (Fsp3) is 0.800. The average molecular weight is 293 g/mol. The molecule has 6 nitrogen and oxygen atoms in total. The number of fused-ring (bicyclic) bond motifs is 2. The van der Waals surface area contributed by atoms with Gasteiger partial charge in [-0.1, -0.05) is 0 Å². The van der Waals surface area contributed by atoms with E-state index in [1.807, 2.05) is 0 Å². The predicted octanol–water partition coefficient (Wildman–Crippen LogP) is -0.0660. The number of hydrogen-bond acceptors (Lipinski definition) is 3. The van der Waals surface area contributed by atoms with Crippen LogP contribution in [0.2, 0.25) is 0 Å². The SMILES string of the molecule is CN(C)C(=O)CN1C[C@H]2CCN(C(=O)C3CC3)[C@H](C2)C1=O. The van der Waals surface area contributed by atoms with Crippen LogP contribution in [0.4, 0.5) is 0 Å². The predicted molar refractivity (Wildman–Crippen MR) is 76.2 cm³/mol. The van der Waals surface area contributed by atoms with E-state index in [-0.39, 0.29) is 36.2 Å². The second kappa shape index (κ2) is 5.31. The molecule has 0 aromatic carbocycles. The molecule has 2 saturated heterocycles. The molecule has 0 unspecified atom stereocenters. The van der Waals surface area contributed by atoms with E-state index in [1.165, 1.54) is 4.90 Å². The van der Waals surface area contributed by atoms with E-state index >= 15 is 0 Å². The Labute approximate surface area is 125 Å². The Hall–Kier alpha value is -1.59. The molecule has 1 saturated carbocycles. The van der Waals surface area contributed by atoms with E-state index in [4.69, 9.17) is 0 Å². The van der Waals surface area contributed by atoms with Crippen LogP contribution in [-0.4, -0.2) is 72.2 Å². The third-order valence-electron chi connectivity index (χ3n) is 4.82. The second-order valence-corrected chi connectivity index (χ2v) is 6.72. The van der Waals surface area contributed by atoms with Gasteiger partial charge in [0.05, 0.1) is 6.54 Å². The summed E-state index contributed by atoms with van der Waals surface area (Å²) >= 11 is 0. The minimum absolute atomic E-state index is 0.0462. The lowest BCUT2D eigenvalue weighted by atomic mass is 9.85. The molecule has 3 aliphatic rings. The van der Waals surface area contributed by atoms with Crippen molar-refractivity contribution in [1.82, 2.24) is 14.7 Å². The van der Waals surface area contributed by atoms with E-state index in [0.717, 1.165) is 25.7 Å². The number of likely N-dealkylation sites (tertiary alicyclic amines) is 2. The maximum Gasteiger partial charge on any atom is 0.245 e. The van der Waals surface area contributed by atoms with Crippen molar-refractivity contribution >= 4 is 17.7 Å². The van der Waals surface area contributed by atoms with Gasteiger partial charge < -0.3 is 14.7 Å². The number of carbonyl (C=O) groups excluding carboxylic acids is 3. The first-order valence-electron chi connectivity index (χ1n) is 7.76. The highest BCUT2D eigenvalue weighted by molar-refractivity contribution is 5.92. The Kier molecular flexibility index (Phi) is 3.63. The lowest BCUT2D eigenvalue weighted by Gasteiger charge is -2.46. The molecule has 0 radical (unpaired) electrons. The lowest BCUT2D eigenvalue weighted by Crippen LogP contribution is -2.61. The number of rotatable bonds is 3. The van der Waals surface area contributed by atoms with Crippen LogP contribution in [0.15, 0.2) is 0 Å². The molecule has 2 bridgehead atoms. The van der Waals surface area contributed by atoms with Gasteiger partial charge in [-0.15, -0.1) is 0 Å². The number of piperidine rings is 2. The number of carbonyl (C=O) groups is 3. The molecule has 116 valence electrons. The Balaban J connectivity index is 1.71. The summed E-state index contributed by atoms with van der Waals surface area (Å²) in [6.45, 7) is 1.48. The van der Waals surface area contributed by atoms with Crippen LogP contribution in [0.5, 0.6) is 0 Å². The van der Waals surface area contributed by atoms with E-state index in [0.29, 0.717) is 19.0 Å². The molecule has 1 aliphatic carbocycles. The zero-order chi connectivity index (χ0) is 15.1. The molecule has 2 aliphatic heterocycles. The van der Waals surface area contributed by atoms with E-state index in [9.17, 15) is 14.4 Å². The summed E-state index contributed by atoms with van der Waals surface area (Å²) in [4.78, 5) is 41.7. The summed E-state index contributed by atoms with van der Waals surface area (Å²) in [6, 6.07) is -0.333. The molecule has 6 heteroatoms. The first kappa shape index (κ1) is 14.4. The molecule has 0 aromatic rings. The molecule has 2 heterocycles. The van der Waals surface area contributed by atoms with E-state index in [2.05, 4.69) is 0 Å². The van der Waals surface area contributed by atoms with Gasteiger partial charge in [-0.05, 0) is 31.6 Å². The smallest absolute Gasteiger partial charge is 0.245 e.